The SMILES string of the molecule is CCCCN(C(=O)[C@@H]1CCCN(C(=O)c2ccc(Cl)cc2)C1)c1c(N)n(CC(C)C)c(=O)[nH]c1=O. The second kappa shape index (κ2) is 11.6. The molecule has 9 nitrogen and oxygen atoms in total. The van der Waals surface area contributed by atoms with Crippen LogP contribution in [-0.4, -0.2) is 45.9 Å². The number of halogens is 1. The standard InChI is InChI=1S/C25H34ClN5O4/c1-4-5-13-30(20-21(27)31(14-16(2)3)25(35)28-22(20)32)24(34)18-7-6-12-29(15-18)23(33)17-8-10-19(26)11-9-17/h8-11,16,18H,4-7,12-15,27H2,1-3H3,(H,28,32,35)/t18-/m1/s1. The number of hydrogen-bond donors (Lipinski definition) is 2. The average Bonchev–Trinajstić information content (AvgIpc) is 2.83. The molecule has 2 amide bonds. The summed E-state index contributed by atoms with van der Waals surface area (Å²) in [7, 11) is 0. The van der Waals surface area contributed by atoms with E-state index in [4.69, 9.17) is 17.3 Å². The van der Waals surface area contributed by atoms with Gasteiger partial charge in [-0.15, -0.1) is 0 Å². The lowest BCUT2D eigenvalue weighted by Gasteiger charge is -2.35. The van der Waals surface area contributed by atoms with E-state index < -0.39 is 17.2 Å². The molecule has 1 saturated heterocycles. The smallest absolute Gasteiger partial charge is 0.330 e. The quantitative estimate of drug-likeness (QED) is 0.573. The molecule has 1 aromatic heterocycles. The van der Waals surface area contributed by atoms with E-state index in [9.17, 15) is 19.2 Å². The summed E-state index contributed by atoms with van der Waals surface area (Å²) in [6.45, 7) is 7.26. The van der Waals surface area contributed by atoms with Crippen LogP contribution in [0.15, 0.2) is 33.9 Å². The van der Waals surface area contributed by atoms with Crippen molar-refractivity contribution in [1.82, 2.24) is 14.5 Å². The Hall–Kier alpha value is -3.07. The lowest BCUT2D eigenvalue weighted by Crippen LogP contribution is -2.49. The van der Waals surface area contributed by atoms with E-state index in [0.717, 1.165) is 6.42 Å². The number of nitrogens with one attached hydrogen (secondary N) is 1. The second-order valence-corrected chi connectivity index (χ2v) is 9.87. The molecule has 3 N–H and O–H groups in total. The molecule has 0 spiro atoms. The van der Waals surface area contributed by atoms with E-state index >= 15 is 0 Å². The third-order valence-electron chi connectivity index (χ3n) is 6.18. The van der Waals surface area contributed by atoms with Gasteiger partial charge in [-0.05, 0) is 49.4 Å². The minimum atomic E-state index is -0.679. The first kappa shape index (κ1) is 26.5. The van der Waals surface area contributed by atoms with Crippen LogP contribution in [0.4, 0.5) is 11.5 Å². The first-order chi connectivity index (χ1) is 16.6. The fourth-order valence-corrected chi connectivity index (χ4v) is 4.52. The maximum absolute atomic E-state index is 13.8. The molecule has 1 aliphatic heterocycles. The number of piperidine rings is 1. The number of nitrogen functional groups attached to an aromatic ring is 1. The van der Waals surface area contributed by atoms with Crippen molar-refractivity contribution in [2.75, 3.05) is 30.3 Å². The van der Waals surface area contributed by atoms with Gasteiger partial charge in [0.1, 0.15) is 5.82 Å². The number of anilines is 2. The molecule has 1 aromatic carbocycles. The number of rotatable bonds is 8. The van der Waals surface area contributed by atoms with Crippen molar-refractivity contribution in [3.63, 3.8) is 0 Å². The normalized spacial score (nSPS) is 15.9. The van der Waals surface area contributed by atoms with Gasteiger partial charge in [0.25, 0.3) is 11.5 Å². The number of carbonyl (C=O) groups excluding carboxylic acids is 2. The van der Waals surface area contributed by atoms with Gasteiger partial charge < -0.3 is 15.5 Å². The van der Waals surface area contributed by atoms with Crippen molar-refractivity contribution in [3.8, 4) is 0 Å². The summed E-state index contributed by atoms with van der Waals surface area (Å²) in [5.41, 5.74) is 5.55. The molecule has 1 fully saturated rings. The predicted molar refractivity (Wildman–Crippen MR) is 138 cm³/mol. The van der Waals surface area contributed by atoms with Crippen molar-refractivity contribution in [1.29, 1.82) is 0 Å². The molecular weight excluding hydrogens is 470 g/mol. The first-order valence-electron chi connectivity index (χ1n) is 12.1. The Morgan fingerprint density at radius 2 is 1.91 bits per heavy atom. The largest absolute Gasteiger partial charge is 0.383 e. The Balaban J connectivity index is 1.92. The monoisotopic (exact) mass is 503 g/mol. The Bertz CT molecular complexity index is 1170. The van der Waals surface area contributed by atoms with Crippen LogP contribution in [0.1, 0.15) is 56.8 Å². The number of H-pyrrole nitrogens is 1. The zero-order valence-corrected chi connectivity index (χ0v) is 21.3. The van der Waals surface area contributed by atoms with Gasteiger partial charge in [0.05, 0.1) is 5.92 Å². The molecule has 0 aliphatic carbocycles. The summed E-state index contributed by atoms with van der Waals surface area (Å²) in [5.74, 6) is -0.816. The molecule has 190 valence electrons. The number of aromatic nitrogens is 2. The number of unbranched alkanes of at least 4 members (excludes halogenated alkanes) is 1. The van der Waals surface area contributed by atoms with E-state index in [2.05, 4.69) is 4.98 Å². The lowest BCUT2D eigenvalue weighted by atomic mass is 9.95. The number of nitrogens with zero attached hydrogens (tertiary/aromatic N) is 3. The number of amides is 2. The molecule has 2 aromatic rings. The fraction of sp³-hybridized carbons (Fsp3) is 0.520. The highest BCUT2D eigenvalue weighted by molar-refractivity contribution is 6.30. The molecule has 0 unspecified atom stereocenters. The second-order valence-electron chi connectivity index (χ2n) is 9.44. The lowest BCUT2D eigenvalue weighted by molar-refractivity contribution is -0.123. The van der Waals surface area contributed by atoms with Crippen LogP contribution in [0.25, 0.3) is 0 Å². The Labute approximate surface area is 209 Å². The average molecular weight is 504 g/mol. The van der Waals surface area contributed by atoms with E-state index in [0.29, 0.717) is 49.5 Å². The molecule has 35 heavy (non-hydrogen) atoms. The van der Waals surface area contributed by atoms with Gasteiger partial charge in [0.15, 0.2) is 5.69 Å². The van der Waals surface area contributed by atoms with Gasteiger partial charge in [0, 0.05) is 36.8 Å². The zero-order chi connectivity index (χ0) is 25.7. The van der Waals surface area contributed by atoms with E-state index in [-0.39, 0.29) is 35.8 Å². The van der Waals surface area contributed by atoms with Gasteiger partial charge >= 0.3 is 5.69 Å². The van der Waals surface area contributed by atoms with Gasteiger partial charge in [-0.1, -0.05) is 38.8 Å². The van der Waals surface area contributed by atoms with Crippen LogP contribution in [-0.2, 0) is 11.3 Å². The van der Waals surface area contributed by atoms with Crippen LogP contribution < -0.4 is 21.9 Å². The number of carbonyl (C=O) groups is 2. The van der Waals surface area contributed by atoms with Crippen LogP contribution >= 0.6 is 11.6 Å². The number of nitrogens with two attached hydrogens (primary N) is 1. The highest BCUT2D eigenvalue weighted by Crippen LogP contribution is 2.26. The molecule has 0 saturated carbocycles. The minimum Gasteiger partial charge on any atom is -0.383 e. The summed E-state index contributed by atoms with van der Waals surface area (Å²) < 4.78 is 1.31. The number of aromatic amines is 1. The zero-order valence-electron chi connectivity index (χ0n) is 20.6. The first-order valence-corrected chi connectivity index (χ1v) is 12.5. The summed E-state index contributed by atoms with van der Waals surface area (Å²) in [6.07, 6.45) is 2.72. The van der Waals surface area contributed by atoms with E-state index in [1.807, 2.05) is 20.8 Å². The predicted octanol–water partition coefficient (Wildman–Crippen LogP) is 3.11. The summed E-state index contributed by atoms with van der Waals surface area (Å²) in [6, 6.07) is 6.66. The Morgan fingerprint density at radius 3 is 2.54 bits per heavy atom. The Morgan fingerprint density at radius 1 is 1.23 bits per heavy atom. The van der Waals surface area contributed by atoms with Gasteiger partial charge in [0.2, 0.25) is 5.91 Å². The third-order valence-corrected chi connectivity index (χ3v) is 6.43. The molecule has 1 atom stereocenters. The van der Waals surface area contributed by atoms with Crippen LogP contribution in [0.2, 0.25) is 5.02 Å². The molecule has 1 aliphatic rings. The van der Waals surface area contributed by atoms with Crippen LogP contribution in [0.5, 0.6) is 0 Å². The van der Waals surface area contributed by atoms with Crippen molar-refractivity contribution in [3.05, 3.63) is 55.7 Å². The van der Waals surface area contributed by atoms with Gasteiger partial charge in [-0.2, -0.15) is 0 Å². The van der Waals surface area contributed by atoms with Crippen LogP contribution in [0.3, 0.4) is 0 Å². The number of likely N-dealkylation sites (tertiary alicyclic amines) is 1. The molecule has 10 heteroatoms. The van der Waals surface area contributed by atoms with Crippen molar-refractivity contribution >= 4 is 34.9 Å². The number of benzene rings is 1. The summed E-state index contributed by atoms with van der Waals surface area (Å²) in [4.78, 5) is 57.4. The third kappa shape index (κ3) is 6.14. The van der Waals surface area contributed by atoms with Crippen molar-refractivity contribution in [2.24, 2.45) is 11.8 Å². The molecular formula is C25H34ClN5O4. The Kier molecular flexibility index (Phi) is 8.77. The van der Waals surface area contributed by atoms with Crippen LogP contribution in [0, 0.1) is 11.8 Å². The van der Waals surface area contributed by atoms with Crippen molar-refractivity contribution in [2.45, 2.75) is 53.0 Å². The summed E-state index contributed by atoms with van der Waals surface area (Å²) in [5, 5.41) is 0.543. The van der Waals surface area contributed by atoms with Gasteiger partial charge in [-0.25, -0.2) is 4.79 Å². The topological polar surface area (TPSA) is 121 Å². The molecule has 3 rings (SSSR count). The maximum Gasteiger partial charge on any atom is 0.330 e. The van der Waals surface area contributed by atoms with E-state index in [1.165, 1.54) is 9.47 Å². The molecule has 0 bridgehead atoms. The fourth-order valence-electron chi connectivity index (χ4n) is 4.39. The van der Waals surface area contributed by atoms with Gasteiger partial charge in [-0.3, -0.25) is 23.9 Å². The minimum absolute atomic E-state index is 0.00449. The molecule has 0 radical (unpaired) electrons. The maximum atomic E-state index is 13.8. The van der Waals surface area contributed by atoms with E-state index in [1.54, 1.807) is 29.2 Å². The number of hydrogen-bond acceptors (Lipinski definition) is 5. The molecule has 2 heterocycles. The highest BCUT2D eigenvalue weighted by atomic mass is 35.5. The van der Waals surface area contributed by atoms with Crippen molar-refractivity contribution < 1.29 is 9.59 Å². The highest BCUT2D eigenvalue weighted by Gasteiger charge is 2.34. The summed E-state index contributed by atoms with van der Waals surface area (Å²) >= 11 is 5.94.